The van der Waals surface area contributed by atoms with E-state index < -0.39 is 5.41 Å². The Kier molecular flexibility index (Phi) is 5.99. The Bertz CT molecular complexity index is 422. The van der Waals surface area contributed by atoms with Crippen LogP contribution in [0.2, 0.25) is 0 Å². The second-order valence-corrected chi connectivity index (χ2v) is 4.96. The van der Waals surface area contributed by atoms with E-state index in [0.29, 0.717) is 31.6 Å². The zero-order chi connectivity index (χ0) is 15.2. The van der Waals surface area contributed by atoms with Crippen molar-refractivity contribution in [3.8, 4) is 0 Å². The van der Waals surface area contributed by atoms with E-state index in [1.165, 1.54) is 0 Å². The molecule has 0 heterocycles. The van der Waals surface area contributed by atoms with Crippen LogP contribution in [0, 0.1) is 11.3 Å². The van der Waals surface area contributed by atoms with Crippen LogP contribution in [0.25, 0.3) is 0 Å². The minimum Gasteiger partial charge on any atom is -0.465 e. The van der Waals surface area contributed by atoms with Gasteiger partial charge >= 0.3 is 11.9 Å². The maximum atomic E-state index is 12.3. The van der Waals surface area contributed by atoms with Crippen LogP contribution in [-0.4, -0.2) is 25.2 Å². The van der Waals surface area contributed by atoms with Crippen molar-refractivity contribution >= 4 is 11.9 Å². The van der Waals surface area contributed by atoms with Crippen LogP contribution in [0.3, 0.4) is 0 Å². The summed E-state index contributed by atoms with van der Waals surface area (Å²) in [5.41, 5.74) is -0.00964. The van der Waals surface area contributed by atoms with Crippen molar-refractivity contribution in [2.24, 2.45) is 11.3 Å². The van der Waals surface area contributed by atoms with Crippen molar-refractivity contribution in [1.29, 1.82) is 0 Å². The van der Waals surface area contributed by atoms with Gasteiger partial charge < -0.3 is 9.47 Å². The Labute approximate surface area is 120 Å². The Morgan fingerprint density at radius 2 is 2.00 bits per heavy atom. The van der Waals surface area contributed by atoms with Gasteiger partial charge in [0, 0.05) is 5.57 Å². The number of ether oxygens (including phenoxy) is 2. The molecule has 2 unspecified atom stereocenters. The lowest BCUT2D eigenvalue weighted by atomic mass is 9.68. The van der Waals surface area contributed by atoms with Gasteiger partial charge in [0.05, 0.1) is 18.6 Å². The van der Waals surface area contributed by atoms with Crippen LogP contribution in [0.4, 0.5) is 0 Å². The highest BCUT2D eigenvalue weighted by molar-refractivity contribution is 5.90. The molecule has 1 aliphatic rings. The highest BCUT2D eigenvalue weighted by atomic mass is 16.5. The van der Waals surface area contributed by atoms with Crippen molar-refractivity contribution in [1.82, 2.24) is 0 Å². The molecule has 0 amide bonds. The Balaban J connectivity index is 3.02. The average Bonchev–Trinajstić information content (AvgIpc) is 2.41. The molecule has 0 aromatic rings. The number of esters is 2. The summed E-state index contributed by atoms with van der Waals surface area (Å²) in [5, 5.41) is 0. The first-order chi connectivity index (χ1) is 9.51. The van der Waals surface area contributed by atoms with E-state index in [2.05, 4.69) is 0 Å². The first-order valence-corrected chi connectivity index (χ1v) is 7.20. The molecule has 4 heteroatoms. The van der Waals surface area contributed by atoms with Gasteiger partial charge in [-0.1, -0.05) is 25.2 Å². The molecule has 0 spiro atoms. The van der Waals surface area contributed by atoms with Crippen LogP contribution >= 0.6 is 0 Å². The summed E-state index contributed by atoms with van der Waals surface area (Å²) in [4.78, 5) is 24.1. The number of allylic oxidation sites excluding steroid dienone is 2. The summed E-state index contributed by atoms with van der Waals surface area (Å²) in [6.07, 6.45) is 6.72. The molecule has 1 rings (SSSR count). The fourth-order valence-electron chi connectivity index (χ4n) is 2.65. The lowest BCUT2D eigenvalue weighted by Gasteiger charge is -2.36. The quantitative estimate of drug-likeness (QED) is 0.574. The lowest BCUT2D eigenvalue weighted by Crippen LogP contribution is -2.39. The smallest absolute Gasteiger partial charge is 0.333 e. The first kappa shape index (κ1) is 16.5. The summed E-state index contributed by atoms with van der Waals surface area (Å²) < 4.78 is 10.2. The number of carbonyl (C=O) groups is 2. The van der Waals surface area contributed by atoms with Crippen molar-refractivity contribution in [2.75, 3.05) is 13.2 Å². The molecule has 2 atom stereocenters. The zero-order valence-electron chi connectivity index (χ0n) is 12.8. The van der Waals surface area contributed by atoms with Crippen molar-refractivity contribution in [2.45, 2.75) is 40.5 Å². The molecular formula is C16H24O4. The molecule has 0 radical (unpaired) electrons. The second-order valence-electron chi connectivity index (χ2n) is 4.96. The SMILES string of the molecule is C/C=C/C1(C(=O)OCC)CCC(C(=O)OCC)=CC1C. The second kappa shape index (κ2) is 7.27. The molecule has 0 aromatic carbocycles. The maximum absolute atomic E-state index is 12.3. The third kappa shape index (κ3) is 3.30. The van der Waals surface area contributed by atoms with Crippen LogP contribution in [0.1, 0.15) is 40.5 Å². The first-order valence-electron chi connectivity index (χ1n) is 7.20. The fraction of sp³-hybridized carbons (Fsp3) is 0.625. The normalized spacial score (nSPS) is 26.2. The lowest BCUT2D eigenvalue weighted by molar-refractivity contribution is -0.155. The summed E-state index contributed by atoms with van der Waals surface area (Å²) in [6, 6.07) is 0. The molecule has 0 saturated heterocycles. The average molecular weight is 280 g/mol. The number of hydrogen-bond donors (Lipinski definition) is 0. The minimum absolute atomic E-state index is 0.0918. The number of hydrogen-bond acceptors (Lipinski definition) is 4. The van der Waals surface area contributed by atoms with Crippen LogP contribution in [-0.2, 0) is 19.1 Å². The molecule has 0 aromatic heterocycles. The number of rotatable bonds is 5. The summed E-state index contributed by atoms with van der Waals surface area (Å²) in [7, 11) is 0. The van der Waals surface area contributed by atoms with Crippen LogP contribution in [0.15, 0.2) is 23.8 Å². The fourth-order valence-corrected chi connectivity index (χ4v) is 2.65. The largest absolute Gasteiger partial charge is 0.465 e. The van der Waals surface area contributed by atoms with E-state index in [1.54, 1.807) is 13.8 Å². The highest BCUT2D eigenvalue weighted by Gasteiger charge is 2.44. The molecule has 1 aliphatic carbocycles. The van der Waals surface area contributed by atoms with E-state index in [-0.39, 0.29) is 17.9 Å². The summed E-state index contributed by atoms with van der Waals surface area (Å²) >= 11 is 0. The molecule has 0 N–H and O–H groups in total. The molecule has 0 saturated carbocycles. The Hall–Kier alpha value is -1.58. The van der Waals surface area contributed by atoms with Gasteiger partial charge in [-0.25, -0.2) is 4.79 Å². The summed E-state index contributed by atoms with van der Waals surface area (Å²) in [6.45, 7) is 8.14. The Morgan fingerprint density at radius 3 is 2.50 bits per heavy atom. The van der Waals surface area contributed by atoms with Gasteiger partial charge in [-0.3, -0.25) is 4.79 Å². The minimum atomic E-state index is -0.666. The zero-order valence-corrected chi connectivity index (χ0v) is 12.8. The molecule has 4 nitrogen and oxygen atoms in total. The monoisotopic (exact) mass is 280 g/mol. The molecule has 0 aliphatic heterocycles. The van der Waals surface area contributed by atoms with Gasteiger partial charge in [0.1, 0.15) is 0 Å². The molecule has 20 heavy (non-hydrogen) atoms. The molecular weight excluding hydrogens is 256 g/mol. The van der Waals surface area contributed by atoms with Crippen LogP contribution < -0.4 is 0 Å². The van der Waals surface area contributed by atoms with E-state index in [1.807, 2.05) is 32.1 Å². The van der Waals surface area contributed by atoms with Crippen LogP contribution in [0.5, 0.6) is 0 Å². The maximum Gasteiger partial charge on any atom is 0.333 e. The molecule has 0 fully saturated rings. The summed E-state index contributed by atoms with van der Waals surface area (Å²) in [5.74, 6) is -0.590. The van der Waals surface area contributed by atoms with Crippen molar-refractivity contribution in [3.05, 3.63) is 23.8 Å². The van der Waals surface area contributed by atoms with E-state index >= 15 is 0 Å². The standard InChI is InChI=1S/C16H24O4/c1-5-9-16(15(18)20-7-3)10-8-13(11-12(16)4)14(17)19-6-2/h5,9,11-12H,6-8,10H2,1-4H3/b9-5+. The van der Waals surface area contributed by atoms with Gasteiger partial charge in [0.15, 0.2) is 0 Å². The van der Waals surface area contributed by atoms with Gasteiger partial charge in [0.2, 0.25) is 0 Å². The van der Waals surface area contributed by atoms with Gasteiger partial charge in [-0.15, -0.1) is 0 Å². The van der Waals surface area contributed by atoms with E-state index in [9.17, 15) is 9.59 Å². The third-order valence-corrected chi connectivity index (χ3v) is 3.73. The molecule has 0 bridgehead atoms. The van der Waals surface area contributed by atoms with Gasteiger partial charge in [0.25, 0.3) is 0 Å². The number of carbonyl (C=O) groups excluding carboxylic acids is 2. The van der Waals surface area contributed by atoms with Gasteiger partial charge in [-0.05, 0) is 39.5 Å². The van der Waals surface area contributed by atoms with E-state index in [4.69, 9.17) is 9.47 Å². The van der Waals surface area contributed by atoms with E-state index in [0.717, 1.165) is 0 Å². The van der Waals surface area contributed by atoms with Crippen molar-refractivity contribution in [3.63, 3.8) is 0 Å². The predicted molar refractivity (Wildman–Crippen MR) is 77.0 cm³/mol. The third-order valence-electron chi connectivity index (χ3n) is 3.73. The molecule has 112 valence electrons. The topological polar surface area (TPSA) is 52.6 Å². The van der Waals surface area contributed by atoms with Crippen molar-refractivity contribution < 1.29 is 19.1 Å². The predicted octanol–water partition coefficient (Wildman–Crippen LogP) is 3.03. The van der Waals surface area contributed by atoms with Gasteiger partial charge in [-0.2, -0.15) is 0 Å². The highest BCUT2D eigenvalue weighted by Crippen LogP contribution is 2.42. The Morgan fingerprint density at radius 1 is 1.35 bits per heavy atom.